The Morgan fingerprint density at radius 2 is 1.72 bits per heavy atom. The van der Waals surface area contributed by atoms with Gasteiger partial charge in [0.25, 0.3) is 10.1 Å². The Hall–Kier alpha value is -2.18. The Morgan fingerprint density at radius 1 is 1.04 bits per heavy atom. The van der Waals surface area contributed by atoms with Crippen molar-refractivity contribution in [2.24, 2.45) is 0 Å². The van der Waals surface area contributed by atoms with Gasteiger partial charge in [-0.15, -0.1) is 0 Å². The summed E-state index contributed by atoms with van der Waals surface area (Å²) in [6.07, 6.45) is 2.80. The monoisotopic (exact) mass is 362 g/mol. The minimum absolute atomic E-state index is 0.00856. The summed E-state index contributed by atoms with van der Waals surface area (Å²) in [6.45, 7) is 3.27. The van der Waals surface area contributed by atoms with Crippen LogP contribution in [0.4, 0.5) is 0 Å². The zero-order valence-corrected chi connectivity index (χ0v) is 15.2. The van der Waals surface area contributed by atoms with E-state index in [9.17, 15) is 13.2 Å². The number of rotatable bonds is 8. The maximum Gasteiger partial charge on any atom is 0.339 e. The van der Waals surface area contributed by atoms with E-state index >= 15 is 0 Å². The van der Waals surface area contributed by atoms with E-state index in [1.54, 1.807) is 24.3 Å². The van der Waals surface area contributed by atoms with Gasteiger partial charge in [-0.3, -0.25) is 4.18 Å². The second-order valence-electron chi connectivity index (χ2n) is 5.71. The molecule has 2 rings (SSSR count). The molecule has 0 fully saturated rings. The zero-order chi connectivity index (χ0) is 18.3. The zero-order valence-electron chi connectivity index (χ0n) is 14.4. The van der Waals surface area contributed by atoms with Crippen molar-refractivity contribution in [1.82, 2.24) is 0 Å². The average Bonchev–Trinajstić information content (AvgIpc) is 2.60. The molecule has 0 aliphatic heterocycles. The molecule has 6 heteroatoms. The van der Waals surface area contributed by atoms with Gasteiger partial charge < -0.3 is 4.74 Å². The third-order valence-electron chi connectivity index (χ3n) is 3.64. The second-order valence-corrected chi connectivity index (χ2v) is 7.33. The lowest BCUT2D eigenvalue weighted by Crippen LogP contribution is -2.19. The first kappa shape index (κ1) is 19.1. The summed E-state index contributed by atoms with van der Waals surface area (Å²) in [5.41, 5.74) is 1.85. The third kappa shape index (κ3) is 5.69. The molecule has 0 unspecified atom stereocenters. The summed E-state index contributed by atoms with van der Waals surface area (Å²) >= 11 is 0. The molecule has 0 atom stereocenters. The highest BCUT2D eigenvalue weighted by molar-refractivity contribution is 7.86. The molecule has 134 valence electrons. The Kier molecular flexibility index (Phi) is 6.73. The molecule has 0 amide bonds. The van der Waals surface area contributed by atoms with Crippen molar-refractivity contribution in [3.05, 3.63) is 59.7 Å². The van der Waals surface area contributed by atoms with Gasteiger partial charge in [-0.05, 0) is 43.5 Å². The van der Waals surface area contributed by atoms with Gasteiger partial charge in [-0.25, -0.2) is 4.79 Å². The smallest absolute Gasteiger partial charge is 0.339 e. The van der Waals surface area contributed by atoms with Crippen LogP contribution in [0.3, 0.4) is 0 Å². The first-order valence-corrected chi connectivity index (χ1v) is 9.58. The molecule has 0 spiro atoms. The quantitative estimate of drug-likeness (QED) is 0.407. The molecule has 0 radical (unpaired) electrons. The summed E-state index contributed by atoms with van der Waals surface area (Å²) in [5.74, 6) is -0.308. The van der Waals surface area contributed by atoms with Crippen molar-refractivity contribution in [3.8, 4) is 5.75 Å². The number of hydrogen-bond acceptors (Lipinski definition) is 5. The van der Waals surface area contributed by atoms with Gasteiger partial charge in [-0.1, -0.05) is 49.2 Å². The van der Waals surface area contributed by atoms with Crippen LogP contribution in [0.1, 0.15) is 30.9 Å². The number of esters is 1. The Bertz CT molecular complexity index is 810. The lowest BCUT2D eigenvalue weighted by atomic mass is 10.1. The van der Waals surface area contributed by atoms with Crippen molar-refractivity contribution in [3.63, 3.8) is 0 Å². The van der Waals surface area contributed by atoms with Crippen LogP contribution in [0.2, 0.25) is 0 Å². The fraction of sp³-hybridized carbons (Fsp3) is 0.316. The van der Waals surface area contributed by atoms with E-state index < -0.39 is 22.7 Å². The molecule has 0 saturated heterocycles. The molecule has 0 aromatic heterocycles. The Labute approximate surface area is 148 Å². The van der Waals surface area contributed by atoms with Crippen molar-refractivity contribution >= 4 is 16.1 Å². The van der Waals surface area contributed by atoms with Crippen molar-refractivity contribution in [1.29, 1.82) is 0 Å². The van der Waals surface area contributed by atoms with Crippen LogP contribution in [-0.2, 0) is 25.5 Å². The molecule has 0 N–H and O–H groups in total. The first-order valence-electron chi connectivity index (χ1n) is 8.17. The highest BCUT2D eigenvalue weighted by Gasteiger charge is 2.18. The summed E-state index contributed by atoms with van der Waals surface area (Å²) in [6, 6.07) is 13.4. The van der Waals surface area contributed by atoms with Gasteiger partial charge in [0.15, 0.2) is 6.61 Å². The highest BCUT2D eigenvalue weighted by Crippen LogP contribution is 2.20. The number of unbranched alkanes of at least 4 members (excludes halogenated alkanes) is 1. The molecule has 2 aromatic rings. The van der Waals surface area contributed by atoms with Crippen LogP contribution in [0, 0.1) is 6.92 Å². The number of aryl methyl sites for hydroxylation is 2. The number of carbonyl (C=O) groups excluding carboxylic acids is 1. The first-order chi connectivity index (χ1) is 11.9. The molecule has 5 nitrogen and oxygen atoms in total. The molecular formula is C19H22O5S. The van der Waals surface area contributed by atoms with Crippen LogP contribution in [0.25, 0.3) is 0 Å². The second kappa shape index (κ2) is 8.78. The van der Waals surface area contributed by atoms with Crippen molar-refractivity contribution in [2.45, 2.75) is 38.0 Å². The average molecular weight is 362 g/mol. The van der Waals surface area contributed by atoms with Crippen molar-refractivity contribution < 1.29 is 22.1 Å². The SMILES string of the molecule is CCCCc1ccccc1OC(=O)COS(=O)(=O)c1ccc(C)cc1. The molecule has 0 aliphatic rings. The number of ether oxygens (including phenoxy) is 1. The Balaban J connectivity index is 1.98. The van der Waals surface area contributed by atoms with Crippen LogP contribution in [-0.4, -0.2) is 21.0 Å². The van der Waals surface area contributed by atoms with Crippen LogP contribution in [0.15, 0.2) is 53.4 Å². The molecule has 0 bridgehead atoms. The summed E-state index contributed by atoms with van der Waals surface area (Å²) in [5, 5.41) is 0. The minimum Gasteiger partial charge on any atom is -0.424 e. The third-order valence-corrected chi connectivity index (χ3v) is 4.92. The van der Waals surface area contributed by atoms with Gasteiger partial charge in [0.05, 0.1) is 4.90 Å². The summed E-state index contributed by atoms with van der Waals surface area (Å²) in [4.78, 5) is 12.0. The molecular weight excluding hydrogens is 340 g/mol. The summed E-state index contributed by atoms with van der Waals surface area (Å²) in [7, 11) is -3.99. The van der Waals surface area contributed by atoms with E-state index in [1.807, 2.05) is 19.1 Å². The van der Waals surface area contributed by atoms with Crippen LogP contribution in [0.5, 0.6) is 5.75 Å². The van der Waals surface area contributed by atoms with E-state index in [0.29, 0.717) is 5.75 Å². The molecule has 0 heterocycles. The predicted molar refractivity (Wildman–Crippen MR) is 95.0 cm³/mol. The molecule has 0 saturated carbocycles. The normalized spacial score (nSPS) is 11.3. The number of hydrogen-bond donors (Lipinski definition) is 0. The van der Waals surface area contributed by atoms with Gasteiger partial charge in [0.2, 0.25) is 0 Å². The Morgan fingerprint density at radius 3 is 2.40 bits per heavy atom. The van der Waals surface area contributed by atoms with E-state index in [-0.39, 0.29) is 4.90 Å². The number of benzene rings is 2. The van der Waals surface area contributed by atoms with Crippen LogP contribution >= 0.6 is 0 Å². The maximum absolute atomic E-state index is 12.1. The van der Waals surface area contributed by atoms with Crippen LogP contribution < -0.4 is 4.74 Å². The molecule has 2 aromatic carbocycles. The van der Waals surface area contributed by atoms with E-state index in [1.165, 1.54) is 12.1 Å². The fourth-order valence-electron chi connectivity index (χ4n) is 2.23. The highest BCUT2D eigenvalue weighted by atomic mass is 32.2. The summed E-state index contributed by atoms with van der Waals surface area (Å²) < 4.78 is 34.2. The lowest BCUT2D eigenvalue weighted by Gasteiger charge is -2.10. The largest absolute Gasteiger partial charge is 0.424 e. The van der Waals surface area contributed by atoms with Crippen molar-refractivity contribution in [2.75, 3.05) is 6.61 Å². The van der Waals surface area contributed by atoms with E-state index in [2.05, 4.69) is 6.92 Å². The van der Waals surface area contributed by atoms with Gasteiger partial charge in [-0.2, -0.15) is 8.42 Å². The number of para-hydroxylation sites is 1. The maximum atomic E-state index is 12.1. The lowest BCUT2D eigenvalue weighted by molar-refractivity contribution is -0.136. The van der Waals surface area contributed by atoms with E-state index in [0.717, 1.165) is 30.4 Å². The van der Waals surface area contributed by atoms with Gasteiger partial charge >= 0.3 is 5.97 Å². The van der Waals surface area contributed by atoms with Gasteiger partial charge in [0, 0.05) is 0 Å². The molecule has 25 heavy (non-hydrogen) atoms. The topological polar surface area (TPSA) is 69.7 Å². The number of carbonyl (C=O) groups is 1. The molecule has 0 aliphatic carbocycles. The van der Waals surface area contributed by atoms with E-state index in [4.69, 9.17) is 8.92 Å². The minimum atomic E-state index is -3.99. The van der Waals surface area contributed by atoms with Gasteiger partial charge in [0.1, 0.15) is 5.75 Å². The predicted octanol–water partition coefficient (Wildman–Crippen LogP) is 3.65. The fourth-order valence-corrected chi connectivity index (χ4v) is 3.08. The standard InChI is InChI=1S/C19H22O5S/c1-3-4-7-16-8-5-6-9-18(16)24-19(20)14-23-25(21,22)17-12-10-15(2)11-13-17/h5-6,8-13H,3-4,7,14H2,1-2H3.